The Morgan fingerprint density at radius 2 is 1.94 bits per heavy atom. The van der Waals surface area contributed by atoms with Crippen LogP contribution in [0.4, 0.5) is 5.69 Å². The molecule has 0 unspecified atom stereocenters. The van der Waals surface area contributed by atoms with Crippen LogP contribution in [0.2, 0.25) is 0 Å². The highest BCUT2D eigenvalue weighted by molar-refractivity contribution is 5.95. The number of amides is 1. The molecule has 8 heteroatoms. The molecule has 1 fully saturated rings. The number of carbonyl (C=O) groups is 1. The summed E-state index contributed by atoms with van der Waals surface area (Å²) in [4.78, 5) is 26.5. The van der Waals surface area contributed by atoms with Gasteiger partial charge in [0.05, 0.1) is 18.3 Å². The van der Waals surface area contributed by atoms with Crippen molar-refractivity contribution >= 4 is 22.5 Å². The zero-order chi connectivity index (χ0) is 24.4. The molecule has 1 aromatic heterocycles. The first-order valence-corrected chi connectivity index (χ1v) is 12.2. The largest absolute Gasteiger partial charge is 0.497 e. The first-order chi connectivity index (χ1) is 17.0. The van der Waals surface area contributed by atoms with E-state index in [1.165, 1.54) is 0 Å². The van der Waals surface area contributed by atoms with Crippen molar-refractivity contribution in [2.24, 2.45) is 7.05 Å². The predicted octanol–water partition coefficient (Wildman–Crippen LogP) is 2.67. The van der Waals surface area contributed by atoms with E-state index in [0.717, 1.165) is 84.7 Å². The van der Waals surface area contributed by atoms with Gasteiger partial charge in [-0.1, -0.05) is 6.07 Å². The fourth-order valence-corrected chi connectivity index (χ4v) is 4.98. The van der Waals surface area contributed by atoms with Gasteiger partial charge < -0.3 is 29.6 Å². The number of rotatable bonds is 7. The van der Waals surface area contributed by atoms with E-state index in [0.29, 0.717) is 6.04 Å². The third kappa shape index (κ3) is 5.18. The first kappa shape index (κ1) is 23.4. The fraction of sp³-hybridized carbons (Fsp3) is 0.407. The summed E-state index contributed by atoms with van der Waals surface area (Å²) in [5.41, 5.74) is 3.91. The number of carbonyl (C=O) groups excluding carboxylic acids is 1. The van der Waals surface area contributed by atoms with Crippen LogP contribution in [0.25, 0.3) is 10.9 Å². The zero-order valence-corrected chi connectivity index (χ0v) is 20.3. The lowest BCUT2D eigenvalue weighted by Gasteiger charge is -2.32. The molecule has 8 nitrogen and oxygen atoms in total. The summed E-state index contributed by atoms with van der Waals surface area (Å²) in [5, 5.41) is 7.61. The molecule has 35 heavy (non-hydrogen) atoms. The van der Waals surface area contributed by atoms with Crippen molar-refractivity contribution in [3.8, 4) is 11.5 Å². The van der Waals surface area contributed by atoms with Crippen LogP contribution >= 0.6 is 0 Å². The number of nitrogens with zero attached hydrogens (tertiary/aromatic N) is 2. The second-order valence-electron chi connectivity index (χ2n) is 9.36. The minimum atomic E-state index is -0.113. The number of fused-ring (bicyclic) bond motifs is 2. The number of piperidine rings is 1. The van der Waals surface area contributed by atoms with Crippen LogP contribution in [0.1, 0.15) is 24.0 Å². The van der Waals surface area contributed by atoms with Gasteiger partial charge >= 0.3 is 0 Å². The van der Waals surface area contributed by atoms with Crippen molar-refractivity contribution in [1.29, 1.82) is 0 Å². The standard InChI is InChI=1S/C27H32N4O4/c1-30-24-5-4-21(34-2)15-22(24)19(14-27(30)33)7-10-31-11-8-20(9-12-31)28-16-18-3-6-25-23(13-18)29-26(32)17-35-25/h3-6,13-15,20,28H,7-12,16-17H2,1-2H3,(H,29,32). The van der Waals surface area contributed by atoms with Crippen molar-refractivity contribution in [3.63, 3.8) is 0 Å². The minimum absolute atomic E-state index is 0.0221. The van der Waals surface area contributed by atoms with Gasteiger partial charge in [0.2, 0.25) is 0 Å². The number of aromatic nitrogens is 1. The van der Waals surface area contributed by atoms with Gasteiger partial charge in [-0.3, -0.25) is 9.59 Å². The smallest absolute Gasteiger partial charge is 0.262 e. The molecule has 2 N–H and O–H groups in total. The molecule has 5 rings (SSSR count). The summed E-state index contributed by atoms with van der Waals surface area (Å²) in [6.45, 7) is 3.82. The lowest BCUT2D eigenvalue weighted by Crippen LogP contribution is -2.42. The molecular formula is C27H32N4O4. The molecule has 3 heterocycles. The maximum absolute atomic E-state index is 12.5. The number of methoxy groups -OCH3 is 1. The van der Waals surface area contributed by atoms with Gasteiger partial charge in [0.15, 0.2) is 6.61 Å². The second-order valence-corrected chi connectivity index (χ2v) is 9.36. The van der Waals surface area contributed by atoms with Crippen LogP contribution < -0.4 is 25.7 Å². The van der Waals surface area contributed by atoms with Gasteiger partial charge in [0.25, 0.3) is 11.5 Å². The van der Waals surface area contributed by atoms with Crippen molar-refractivity contribution < 1.29 is 14.3 Å². The molecule has 0 aliphatic carbocycles. The average molecular weight is 477 g/mol. The number of nitrogens with one attached hydrogen (secondary N) is 2. The number of likely N-dealkylation sites (tertiary alicyclic amines) is 1. The quantitative estimate of drug-likeness (QED) is 0.546. The monoisotopic (exact) mass is 476 g/mol. The van der Waals surface area contributed by atoms with Gasteiger partial charge in [0.1, 0.15) is 11.5 Å². The topological polar surface area (TPSA) is 84.8 Å². The molecule has 1 saturated heterocycles. The Balaban J connectivity index is 1.15. The lowest BCUT2D eigenvalue weighted by molar-refractivity contribution is -0.118. The average Bonchev–Trinajstić information content (AvgIpc) is 2.88. The Morgan fingerprint density at radius 1 is 1.11 bits per heavy atom. The van der Waals surface area contributed by atoms with Gasteiger partial charge in [-0.2, -0.15) is 0 Å². The summed E-state index contributed by atoms with van der Waals surface area (Å²) in [5.74, 6) is 1.42. The number of anilines is 1. The maximum atomic E-state index is 12.5. The molecule has 184 valence electrons. The van der Waals surface area contributed by atoms with Gasteiger partial charge in [-0.25, -0.2) is 0 Å². The Hall–Kier alpha value is -3.36. The van der Waals surface area contributed by atoms with E-state index >= 15 is 0 Å². The summed E-state index contributed by atoms with van der Waals surface area (Å²) in [6, 6.07) is 14.1. The Bertz CT molecular complexity index is 1290. The third-order valence-corrected chi connectivity index (χ3v) is 7.10. The lowest BCUT2D eigenvalue weighted by atomic mass is 10.0. The number of hydrogen-bond donors (Lipinski definition) is 2. The molecule has 2 aromatic carbocycles. The van der Waals surface area contributed by atoms with Crippen LogP contribution in [0.15, 0.2) is 47.3 Å². The number of ether oxygens (including phenoxy) is 2. The molecule has 0 spiro atoms. The van der Waals surface area contributed by atoms with E-state index in [-0.39, 0.29) is 18.1 Å². The van der Waals surface area contributed by atoms with Crippen molar-refractivity contribution in [3.05, 3.63) is 63.9 Å². The van der Waals surface area contributed by atoms with E-state index in [2.05, 4.69) is 15.5 Å². The molecule has 3 aromatic rings. The molecule has 1 amide bonds. The molecule has 2 aliphatic heterocycles. The van der Waals surface area contributed by atoms with E-state index < -0.39 is 0 Å². The summed E-state index contributed by atoms with van der Waals surface area (Å²) >= 11 is 0. The molecule has 0 radical (unpaired) electrons. The SMILES string of the molecule is COc1ccc2c(c1)c(CCN1CCC(NCc3ccc4c(c3)NC(=O)CO4)CC1)cc(=O)n2C. The molecular weight excluding hydrogens is 444 g/mol. The van der Waals surface area contributed by atoms with Crippen molar-refractivity contribution in [2.75, 3.05) is 38.7 Å². The molecule has 2 aliphatic rings. The van der Waals surface area contributed by atoms with E-state index in [1.807, 2.05) is 43.4 Å². The number of pyridine rings is 1. The fourth-order valence-electron chi connectivity index (χ4n) is 4.98. The third-order valence-electron chi connectivity index (χ3n) is 7.10. The van der Waals surface area contributed by atoms with Crippen molar-refractivity contribution in [1.82, 2.24) is 14.8 Å². The summed E-state index contributed by atoms with van der Waals surface area (Å²) < 4.78 is 12.5. The van der Waals surface area contributed by atoms with E-state index in [4.69, 9.17) is 9.47 Å². The zero-order valence-electron chi connectivity index (χ0n) is 20.3. The Morgan fingerprint density at radius 3 is 2.74 bits per heavy atom. The van der Waals surface area contributed by atoms with E-state index in [9.17, 15) is 9.59 Å². The summed E-state index contributed by atoms with van der Waals surface area (Å²) in [7, 11) is 3.48. The van der Waals surface area contributed by atoms with Crippen LogP contribution in [0.5, 0.6) is 11.5 Å². The minimum Gasteiger partial charge on any atom is -0.497 e. The highest BCUT2D eigenvalue weighted by Crippen LogP contribution is 2.28. The van der Waals surface area contributed by atoms with Gasteiger partial charge in [-0.15, -0.1) is 0 Å². The molecule has 0 saturated carbocycles. The number of benzene rings is 2. The second kappa shape index (κ2) is 10.1. The molecule has 0 atom stereocenters. The first-order valence-electron chi connectivity index (χ1n) is 12.2. The number of hydrogen-bond acceptors (Lipinski definition) is 6. The Labute approximate surface area is 204 Å². The van der Waals surface area contributed by atoms with Crippen LogP contribution in [0.3, 0.4) is 0 Å². The highest BCUT2D eigenvalue weighted by atomic mass is 16.5. The van der Waals surface area contributed by atoms with Gasteiger partial charge in [0, 0.05) is 37.6 Å². The normalized spacial score (nSPS) is 16.6. The summed E-state index contributed by atoms with van der Waals surface area (Å²) in [6.07, 6.45) is 2.99. The Kier molecular flexibility index (Phi) is 6.74. The molecule has 0 bridgehead atoms. The van der Waals surface area contributed by atoms with Crippen LogP contribution in [0, 0.1) is 0 Å². The van der Waals surface area contributed by atoms with Crippen molar-refractivity contribution in [2.45, 2.75) is 31.8 Å². The highest BCUT2D eigenvalue weighted by Gasteiger charge is 2.20. The number of aryl methyl sites for hydroxylation is 1. The maximum Gasteiger partial charge on any atom is 0.262 e. The van der Waals surface area contributed by atoms with Crippen LogP contribution in [-0.2, 0) is 24.8 Å². The van der Waals surface area contributed by atoms with E-state index in [1.54, 1.807) is 17.7 Å². The van der Waals surface area contributed by atoms with Crippen LogP contribution in [-0.4, -0.2) is 54.8 Å². The van der Waals surface area contributed by atoms with Gasteiger partial charge in [-0.05, 0) is 73.8 Å². The predicted molar refractivity (Wildman–Crippen MR) is 136 cm³/mol.